The van der Waals surface area contributed by atoms with Gasteiger partial charge in [-0.15, -0.1) is 0 Å². The molecule has 3 heteroatoms. The molecule has 2 heterocycles. The zero-order valence-electron chi connectivity index (χ0n) is 12.3. The number of likely N-dealkylation sites (N-methyl/N-ethyl adjacent to an activating group) is 1. The van der Waals surface area contributed by atoms with Crippen LogP contribution < -0.4 is 4.90 Å². The van der Waals surface area contributed by atoms with E-state index in [0.29, 0.717) is 23.8 Å². The van der Waals surface area contributed by atoms with Gasteiger partial charge in [0.15, 0.2) is 0 Å². The highest BCUT2D eigenvalue weighted by molar-refractivity contribution is 5.99. The summed E-state index contributed by atoms with van der Waals surface area (Å²) in [7, 11) is 2.19. The van der Waals surface area contributed by atoms with Gasteiger partial charge in [0.1, 0.15) is 0 Å². The van der Waals surface area contributed by atoms with Crippen LogP contribution in [0.15, 0.2) is 18.2 Å². The van der Waals surface area contributed by atoms with E-state index in [4.69, 9.17) is 0 Å². The maximum atomic E-state index is 12.7. The summed E-state index contributed by atoms with van der Waals surface area (Å²) < 4.78 is 0. The Hall–Kier alpha value is -1.35. The van der Waals surface area contributed by atoms with Crippen molar-refractivity contribution in [1.29, 1.82) is 0 Å². The Morgan fingerprint density at radius 1 is 1.25 bits per heavy atom. The Morgan fingerprint density at radius 2 is 2.05 bits per heavy atom. The van der Waals surface area contributed by atoms with E-state index < -0.39 is 0 Å². The fraction of sp³-hybridized carbons (Fsp3) is 0.588. The van der Waals surface area contributed by atoms with Crippen molar-refractivity contribution in [2.45, 2.75) is 38.1 Å². The van der Waals surface area contributed by atoms with Gasteiger partial charge in [-0.25, -0.2) is 0 Å². The summed E-state index contributed by atoms with van der Waals surface area (Å²) in [5, 5.41) is 0. The van der Waals surface area contributed by atoms with Crippen LogP contribution >= 0.6 is 0 Å². The second-order valence-corrected chi connectivity index (χ2v) is 6.77. The number of amides is 1. The van der Waals surface area contributed by atoms with E-state index in [0.717, 1.165) is 32.4 Å². The molecule has 1 amide bonds. The molecular weight excluding hydrogens is 248 g/mol. The molecule has 2 aliphatic heterocycles. The molecule has 1 aromatic rings. The number of anilines is 1. The Labute approximate surface area is 120 Å². The Kier molecular flexibility index (Phi) is 2.68. The van der Waals surface area contributed by atoms with Crippen molar-refractivity contribution in [2.24, 2.45) is 5.92 Å². The first-order chi connectivity index (χ1) is 9.65. The first-order valence-electron chi connectivity index (χ1n) is 7.77. The predicted molar refractivity (Wildman–Crippen MR) is 80.0 cm³/mol. The number of fused-ring (bicyclic) bond motifs is 3. The summed E-state index contributed by atoms with van der Waals surface area (Å²) in [5.74, 6) is 1.20. The monoisotopic (exact) mass is 270 g/mol. The lowest BCUT2D eigenvalue weighted by Crippen LogP contribution is -2.47. The summed E-state index contributed by atoms with van der Waals surface area (Å²) in [6.07, 6.45) is 3.29. The van der Waals surface area contributed by atoms with E-state index in [1.165, 1.54) is 16.8 Å². The minimum Gasteiger partial charge on any atom is -0.308 e. The fourth-order valence-corrected chi connectivity index (χ4v) is 3.90. The van der Waals surface area contributed by atoms with E-state index in [9.17, 15) is 4.79 Å². The Balaban J connectivity index is 1.78. The highest BCUT2D eigenvalue weighted by atomic mass is 16.2. The zero-order chi connectivity index (χ0) is 13.9. The molecule has 1 saturated heterocycles. The third-order valence-corrected chi connectivity index (χ3v) is 5.12. The third kappa shape index (κ3) is 1.80. The highest BCUT2D eigenvalue weighted by Gasteiger charge is 2.47. The number of nitrogens with zero attached hydrogens (tertiary/aromatic N) is 2. The van der Waals surface area contributed by atoms with Crippen LogP contribution in [0.25, 0.3) is 0 Å². The number of carbonyl (C=O) groups is 1. The second kappa shape index (κ2) is 4.32. The van der Waals surface area contributed by atoms with Gasteiger partial charge < -0.3 is 9.80 Å². The lowest BCUT2D eigenvalue weighted by molar-refractivity contribution is -0.120. The van der Waals surface area contributed by atoms with Crippen molar-refractivity contribution in [3.05, 3.63) is 29.3 Å². The van der Waals surface area contributed by atoms with Crippen molar-refractivity contribution < 1.29 is 4.79 Å². The normalized spacial score (nSPS) is 29.2. The predicted octanol–water partition coefficient (Wildman–Crippen LogP) is 2.54. The standard InChI is InChI=1S/C17H22N2O/c1-11-3-6-15-13(9-11)14-10-18(2)8-7-16(14)19(15)17(20)12-4-5-12/h3,6,9,12,14,16H,4-5,7-8,10H2,1-2H3/t14-,16-/m1/s1. The number of carbonyl (C=O) groups excluding carboxylic acids is 1. The van der Waals surface area contributed by atoms with E-state index in [-0.39, 0.29) is 0 Å². The van der Waals surface area contributed by atoms with Gasteiger partial charge in [0, 0.05) is 30.1 Å². The van der Waals surface area contributed by atoms with Crippen molar-refractivity contribution in [1.82, 2.24) is 4.90 Å². The molecule has 3 nitrogen and oxygen atoms in total. The average Bonchev–Trinajstić information content (AvgIpc) is 3.22. The molecule has 0 aromatic heterocycles. The largest absolute Gasteiger partial charge is 0.308 e. The lowest BCUT2D eigenvalue weighted by Gasteiger charge is -2.36. The molecule has 1 aromatic carbocycles. The van der Waals surface area contributed by atoms with Crippen LogP contribution in [-0.2, 0) is 4.79 Å². The number of benzene rings is 1. The minimum atomic E-state index is 0.308. The van der Waals surface area contributed by atoms with Gasteiger partial charge in [0.25, 0.3) is 0 Å². The first-order valence-corrected chi connectivity index (χ1v) is 7.77. The number of hydrogen-bond donors (Lipinski definition) is 0. The van der Waals surface area contributed by atoms with Crippen LogP contribution in [0.1, 0.15) is 36.3 Å². The molecule has 4 rings (SSSR count). The number of rotatable bonds is 1. The molecule has 0 spiro atoms. The van der Waals surface area contributed by atoms with Gasteiger partial charge in [0.2, 0.25) is 5.91 Å². The van der Waals surface area contributed by atoms with Crippen molar-refractivity contribution in [3.8, 4) is 0 Å². The molecule has 2 atom stereocenters. The smallest absolute Gasteiger partial charge is 0.230 e. The zero-order valence-corrected chi connectivity index (χ0v) is 12.3. The van der Waals surface area contributed by atoms with Crippen molar-refractivity contribution in [2.75, 3.05) is 25.0 Å². The molecule has 0 radical (unpaired) electrons. The summed E-state index contributed by atoms with van der Waals surface area (Å²) in [6, 6.07) is 7.01. The molecule has 20 heavy (non-hydrogen) atoms. The van der Waals surface area contributed by atoms with Crippen molar-refractivity contribution >= 4 is 11.6 Å². The topological polar surface area (TPSA) is 23.6 Å². The molecule has 3 aliphatic rings. The van der Waals surface area contributed by atoms with Crippen LogP contribution in [-0.4, -0.2) is 37.0 Å². The number of piperidine rings is 1. The third-order valence-electron chi connectivity index (χ3n) is 5.12. The summed E-state index contributed by atoms with van der Waals surface area (Å²) in [6.45, 7) is 4.32. The molecule has 0 N–H and O–H groups in total. The molecule has 0 unspecified atom stereocenters. The summed E-state index contributed by atoms with van der Waals surface area (Å²) in [5.41, 5.74) is 3.89. The maximum absolute atomic E-state index is 12.7. The minimum absolute atomic E-state index is 0.308. The van der Waals surface area contributed by atoms with Gasteiger partial charge in [-0.2, -0.15) is 0 Å². The molecule has 106 valence electrons. The van der Waals surface area contributed by atoms with Crippen LogP contribution in [0.2, 0.25) is 0 Å². The highest BCUT2D eigenvalue weighted by Crippen LogP contribution is 2.47. The molecule has 1 saturated carbocycles. The summed E-state index contributed by atoms with van der Waals surface area (Å²) in [4.78, 5) is 17.3. The SMILES string of the molecule is Cc1ccc2c(c1)[C@H]1CN(C)CC[C@H]1N2C(=O)C1CC1. The van der Waals surface area contributed by atoms with Crippen molar-refractivity contribution in [3.63, 3.8) is 0 Å². The molecule has 2 fully saturated rings. The molecular formula is C17H22N2O. The number of likely N-dealkylation sites (tertiary alicyclic amines) is 1. The molecule has 1 aliphatic carbocycles. The Bertz CT molecular complexity index is 564. The first kappa shape index (κ1) is 12.4. The van der Waals surface area contributed by atoms with Crippen LogP contribution in [0, 0.1) is 12.8 Å². The maximum Gasteiger partial charge on any atom is 0.230 e. The second-order valence-electron chi connectivity index (χ2n) is 6.77. The number of hydrogen-bond acceptors (Lipinski definition) is 2. The van der Waals surface area contributed by atoms with E-state index in [1.807, 2.05) is 0 Å². The van der Waals surface area contributed by atoms with Gasteiger partial charge in [-0.1, -0.05) is 17.7 Å². The quantitative estimate of drug-likeness (QED) is 0.783. The van der Waals surface area contributed by atoms with Gasteiger partial charge in [-0.05, 0) is 51.4 Å². The van der Waals surface area contributed by atoms with E-state index in [1.54, 1.807) is 0 Å². The van der Waals surface area contributed by atoms with E-state index >= 15 is 0 Å². The van der Waals surface area contributed by atoms with Gasteiger partial charge in [-0.3, -0.25) is 4.79 Å². The average molecular weight is 270 g/mol. The summed E-state index contributed by atoms with van der Waals surface area (Å²) >= 11 is 0. The lowest BCUT2D eigenvalue weighted by atomic mass is 9.89. The van der Waals surface area contributed by atoms with Crippen LogP contribution in [0.4, 0.5) is 5.69 Å². The van der Waals surface area contributed by atoms with Gasteiger partial charge in [0.05, 0.1) is 0 Å². The van der Waals surface area contributed by atoms with Crippen LogP contribution in [0.5, 0.6) is 0 Å². The number of aryl methyl sites for hydroxylation is 1. The van der Waals surface area contributed by atoms with Crippen LogP contribution in [0.3, 0.4) is 0 Å². The fourth-order valence-electron chi connectivity index (χ4n) is 3.90. The van der Waals surface area contributed by atoms with E-state index in [2.05, 4.69) is 42.0 Å². The molecule has 0 bridgehead atoms. The Morgan fingerprint density at radius 3 is 2.80 bits per heavy atom. The van der Waals surface area contributed by atoms with Gasteiger partial charge >= 0.3 is 0 Å².